The number of rotatable bonds is 4. The number of phenolic OH excluding ortho intramolecular Hbond substituents is 1. The number of amides is 1. The number of allylic oxidation sites excluding steroid dienone is 2. The minimum atomic E-state index is -5.05. The van der Waals surface area contributed by atoms with Crippen LogP contribution in [0.15, 0.2) is 23.0 Å². The highest BCUT2D eigenvalue weighted by atomic mass is 19.4. The molecule has 1 saturated heterocycles. The zero-order valence-corrected chi connectivity index (χ0v) is 19.6. The standard InChI is InChI=1S/C25H25F3N2O7/c26-25(27,28)37-23-12(9-30-3-1-2-4-30)8-14(31)18-13(23)6-10-5-11-7-15(32)19(24(29)36)22(35)17(11)20(33)16(10)21(18)34/h8,10-11,17,31,34-35H,1-7,9H2,(H2,29,36)/t10-,11+,17?/m1/s1. The number of nitrogens with zero attached hydrogens (tertiary/aromatic N) is 1. The number of halogens is 3. The summed E-state index contributed by atoms with van der Waals surface area (Å²) >= 11 is 0. The van der Waals surface area contributed by atoms with Gasteiger partial charge in [0.25, 0.3) is 5.91 Å². The molecule has 9 nitrogen and oxygen atoms in total. The van der Waals surface area contributed by atoms with E-state index in [1.807, 2.05) is 4.90 Å². The molecule has 0 radical (unpaired) electrons. The van der Waals surface area contributed by atoms with E-state index in [0.29, 0.717) is 13.1 Å². The van der Waals surface area contributed by atoms with Crippen LogP contribution in [0.4, 0.5) is 13.2 Å². The van der Waals surface area contributed by atoms with Crippen molar-refractivity contribution in [2.75, 3.05) is 13.1 Å². The molecule has 0 aromatic heterocycles. The third-order valence-corrected chi connectivity index (χ3v) is 7.73. The number of aliphatic hydroxyl groups is 2. The third kappa shape index (κ3) is 4.22. The summed E-state index contributed by atoms with van der Waals surface area (Å²) < 4.78 is 44.8. The van der Waals surface area contributed by atoms with E-state index in [1.165, 1.54) is 0 Å². The fraction of sp³-hybridized carbons (Fsp3) is 0.480. The number of alkyl halides is 3. The van der Waals surface area contributed by atoms with Gasteiger partial charge in [-0.25, -0.2) is 0 Å². The van der Waals surface area contributed by atoms with E-state index in [2.05, 4.69) is 4.74 Å². The number of ketones is 2. The molecule has 12 heteroatoms. The lowest BCUT2D eigenvalue weighted by Crippen LogP contribution is -2.44. The zero-order valence-electron chi connectivity index (χ0n) is 19.6. The number of nitrogens with two attached hydrogens (primary N) is 1. The molecule has 1 aromatic carbocycles. The summed E-state index contributed by atoms with van der Waals surface area (Å²) in [5.74, 6) is -8.02. The molecule has 3 aliphatic carbocycles. The number of fused-ring (bicyclic) bond motifs is 3. The Balaban J connectivity index is 1.64. The number of hydrogen-bond acceptors (Lipinski definition) is 8. The van der Waals surface area contributed by atoms with Crippen LogP contribution in [-0.4, -0.2) is 57.1 Å². The van der Waals surface area contributed by atoms with Gasteiger partial charge in [0.05, 0.1) is 11.5 Å². The maximum absolute atomic E-state index is 13.5. The van der Waals surface area contributed by atoms with Gasteiger partial charge in [-0.1, -0.05) is 0 Å². The SMILES string of the molecule is NC(=O)C1=C(O)C2C(=O)C3=C(O)c4c(O)cc(CN5CCCC5)c(OC(F)(F)F)c4C[C@H]3C[C@H]2CC1=O. The molecule has 5 N–H and O–H groups in total. The maximum atomic E-state index is 13.5. The number of carbonyl (C=O) groups is 3. The first-order valence-electron chi connectivity index (χ1n) is 12.0. The number of hydrogen-bond donors (Lipinski definition) is 4. The summed E-state index contributed by atoms with van der Waals surface area (Å²) in [5, 5.41) is 32.5. The molecule has 4 aliphatic rings. The number of primary amides is 1. The van der Waals surface area contributed by atoms with Crippen molar-refractivity contribution in [1.82, 2.24) is 4.90 Å². The van der Waals surface area contributed by atoms with Gasteiger partial charge in [0.2, 0.25) is 0 Å². The van der Waals surface area contributed by atoms with Crippen molar-refractivity contribution in [2.45, 2.75) is 45.0 Å². The summed E-state index contributed by atoms with van der Waals surface area (Å²) in [6, 6.07) is 1.10. The fourth-order valence-electron chi connectivity index (χ4n) is 6.30. The molecule has 1 aliphatic heterocycles. The molecule has 1 aromatic rings. The van der Waals surface area contributed by atoms with Crippen LogP contribution in [0.5, 0.6) is 11.5 Å². The molecule has 3 atom stereocenters. The Morgan fingerprint density at radius 1 is 1.14 bits per heavy atom. The van der Waals surface area contributed by atoms with Gasteiger partial charge in [-0.3, -0.25) is 19.3 Å². The molecule has 2 fully saturated rings. The van der Waals surface area contributed by atoms with Crippen molar-refractivity contribution in [3.8, 4) is 11.5 Å². The summed E-state index contributed by atoms with van der Waals surface area (Å²) in [5.41, 5.74) is 4.04. The molecule has 5 rings (SSSR count). The highest BCUT2D eigenvalue weighted by Crippen LogP contribution is 2.52. The molecule has 0 bridgehead atoms. The van der Waals surface area contributed by atoms with Gasteiger partial charge in [-0.2, -0.15) is 0 Å². The zero-order chi connectivity index (χ0) is 26.8. The highest BCUT2D eigenvalue weighted by Gasteiger charge is 2.51. The first kappa shape index (κ1) is 25.1. The van der Waals surface area contributed by atoms with Gasteiger partial charge in [0, 0.05) is 29.7 Å². The highest BCUT2D eigenvalue weighted by molar-refractivity contribution is 6.21. The van der Waals surface area contributed by atoms with Gasteiger partial charge in [-0.15, -0.1) is 13.2 Å². The quantitative estimate of drug-likeness (QED) is 0.441. The van der Waals surface area contributed by atoms with Crippen LogP contribution in [-0.2, 0) is 27.3 Å². The predicted molar refractivity (Wildman–Crippen MR) is 121 cm³/mol. The van der Waals surface area contributed by atoms with E-state index in [9.17, 15) is 42.9 Å². The van der Waals surface area contributed by atoms with Crippen LogP contribution in [0.3, 0.4) is 0 Å². The second-order valence-corrected chi connectivity index (χ2v) is 10.0. The lowest BCUT2D eigenvalue weighted by atomic mass is 9.61. The van der Waals surface area contributed by atoms with Crippen LogP contribution in [0, 0.1) is 17.8 Å². The van der Waals surface area contributed by atoms with Gasteiger partial charge in [-0.05, 0) is 56.7 Å². The van der Waals surface area contributed by atoms with Crippen LogP contribution in [0.25, 0.3) is 5.76 Å². The number of Topliss-reactive ketones (excluding diaryl/α,β-unsaturated/α-hetero) is 2. The average molecular weight is 522 g/mol. The van der Waals surface area contributed by atoms with Crippen molar-refractivity contribution in [3.63, 3.8) is 0 Å². The molecule has 37 heavy (non-hydrogen) atoms. The number of ether oxygens (including phenoxy) is 1. The number of carbonyl (C=O) groups excluding carboxylic acids is 3. The van der Waals surface area contributed by atoms with E-state index >= 15 is 0 Å². The normalized spacial score (nSPS) is 26.2. The molecule has 1 heterocycles. The van der Waals surface area contributed by atoms with E-state index in [1.54, 1.807) is 0 Å². The second kappa shape index (κ2) is 8.79. The summed E-state index contributed by atoms with van der Waals surface area (Å²) in [6.45, 7) is 1.45. The van der Waals surface area contributed by atoms with E-state index in [4.69, 9.17) is 5.73 Å². The molecular weight excluding hydrogens is 497 g/mol. The number of phenols is 1. The van der Waals surface area contributed by atoms with Gasteiger partial charge >= 0.3 is 6.36 Å². The van der Waals surface area contributed by atoms with Crippen molar-refractivity contribution in [1.29, 1.82) is 0 Å². The Bertz CT molecular complexity index is 1280. The predicted octanol–water partition coefficient (Wildman–Crippen LogP) is 2.80. The molecule has 0 spiro atoms. The summed E-state index contributed by atoms with van der Waals surface area (Å²) in [7, 11) is 0. The average Bonchev–Trinajstić information content (AvgIpc) is 3.27. The van der Waals surface area contributed by atoms with Gasteiger partial charge in [0.15, 0.2) is 11.6 Å². The molecule has 198 valence electrons. The van der Waals surface area contributed by atoms with Crippen LogP contribution >= 0.6 is 0 Å². The maximum Gasteiger partial charge on any atom is 0.573 e. The lowest BCUT2D eigenvalue weighted by molar-refractivity contribution is -0.275. The largest absolute Gasteiger partial charge is 0.573 e. The number of benzene rings is 1. The summed E-state index contributed by atoms with van der Waals surface area (Å²) in [4.78, 5) is 39.5. The van der Waals surface area contributed by atoms with E-state index in [-0.39, 0.29) is 48.1 Å². The molecule has 1 amide bonds. The van der Waals surface area contributed by atoms with Crippen LogP contribution in [0.2, 0.25) is 0 Å². The van der Waals surface area contributed by atoms with E-state index in [0.717, 1.165) is 18.9 Å². The van der Waals surface area contributed by atoms with Gasteiger partial charge < -0.3 is 25.8 Å². The minimum absolute atomic E-state index is 0.0691. The first-order chi connectivity index (χ1) is 17.4. The van der Waals surface area contributed by atoms with Crippen molar-refractivity contribution < 1.29 is 47.6 Å². The lowest BCUT2D eigenvalue weighted by Gasteiger charge is -2.41. The van der Waals surface area contributed by atoms with Crippen LogP contribution < -0.4 is 10.5 Å². The van der Waals surface area contributed by atoms with Crippen molar-refractivity contribution in [2.24, 2.45) is 23.5 Å². The molecule has 1 unspecified atom stereocenters. The third-order valence-electron chi connectivity index (χ3n) is 7.73. The number of aliphatic hydroxyl groups excluding tert-OH is 2. The topological polar surface area (TPSA) is 150 Å². The Labute approximate surface area is 209 Å². The number of aromatic hydroxyl groups is 1. The van der Waals surface area contributed by atoms with Crippen LogP contribution in [0.1, 0.15) is 42.4 Å². The van der Waals surface area contributed by atoms with Crippen molar-refractivity contribution >= 4 is 23.2 Å². The van der Waals surface area contributed by atoms with E-state index < -0.39 is 70.2 Å². The molecular formula is C25H25F3N2O7. The second-order valence-electron chi connectivity index (χ2n) is 10.0. The Morgan fingerprint density at radius 3 is 2.43 bits per heavy atom. The van der Waals surface area contributed by atoms with Crippen molar-refractivity contribution in [3.05, 3.63) is 39.7 Å². The molecule has 1 saturated carbocycles. The Morgan fingerprint density at radius 2 is 1.81 bits per heavy atom. The first-order valence-corrected chi connectivity index (χ1v) is 12.0. The number of likely N-dealkylation sites (tertiary alicyclic amines) is 1. The Kier molecular flexibility index (Phi) is 5.97. The summed E-state index contributed by atoms with van der Waals surface area (Å²) in [6.07, 6.45) is -3.62. The van der Waals surface area contributed by atoms with Gasteiger partial charge in [0.1, 0.15) is 28.6 Å². The smallest absolute Gasteiger partial charge is 0.511 e. The fourth-order valence-corrected chi connectivity index (χ4v) is 6.30. The Hall–Kier alpha value is -3.54. The monoisotopic (exact) mass is 522 g/mol. The minimum Gasteiger partial charge on any atom is -0.511 e.